The van der Waals surface area contributed by atoms with Crippen molar-refractivity contribution in [3.05, 3.63) is 59.4 Å². The maximum Gasteiger partial charge on any atom is 0.257 e. The lowest BCUT2D eigenvalue weighted by Crippen LogP contribution is -2.52. The quantitative estimate of drug-likeness (QED) is 0.795. The highest BCUT2D eigenvalue weighted by Gasteiger charge is 2.34. The minimum absolute atomic E-state index is 0.0228. The topological polar surface area (TPSA) is 83.6 Å². The zero-order chi connectivity index (χ0) is 20.9. The molecule has 2 aliphatic heterocycles. The Balaban J connectivity index is 1.44. The van der Waals surface area contributed by atoms with Crippen molar-refractivity contribution < 1.29 is 14.3 Å². The number of amides is 2. The number of hydrogen-bond donors (Lipinski definition) is 2. The van der Waals surface area contributed by atoms with E-state index in [-0.39, 0.29) is 23.9 Å². The van der Waals surface area contributed by atoms with Gasteiger partial charge in [0.25, 0.3) is 11.8 Å². The first kappa shape index (κ1) is 20.5. The maximum absolute atomic E-state index is 12.9. The first-order chi connectivity index (χ1) is 14.6. The van der Waals surface area contributed by atoms with Gasteiger partial charge in [0.2, 0.25) is 0 Å². The second-order valence-electron chi connectivity index (χ2n) is 8.01. The monoisotopic (exact) mass is 408 g/mol. The smallest absolute Gasteiger partial charge is 0.257 e. The third-order valence-corrected chi connectivity index (χ3v) is 5.90. The van der Waals surface area contributed by atoms with Crippen molar-refractivity contribution in [2.75, 3.05) is 31.6 Å². The molecule has 0 saturated carbocycles. The fourth-order valence-corrected chi connectivity index (χ4v) is 4.13. The molecule has 0 spiro atoms. The highest BCUT2D eigenvalue weighted by molar-refractivity contribution is 6.05. The first-order valence-electron chi connectivity index (χ1n) is 10.6. The van der Waals surface area contributed by atoms with E-state index >= 15 is 0 Å². The zero-order valence-electron chi connectivity index (χ0n) is 17.3. The molecule has 158 valence electrons. The summed E-state index contributed by atoms with van der Waals surface area (Å²) in [5.74, 6) is -0.400. The van der Waals surface area contributed by atoms with Crippen LogP contribution in [0.1, 0.15) is 45.5 Å². The van der Waals surface area contributed by atoms with Crippen molar-refractivity contribution in [3.8, 4) is 0 Å². The molecule has 2 aliphatic rings. The van der Waals surface area contributed by atoms with Crippen LogP contribution < -0.4 is 10.6 Å². The van der Waals surface area contributed by atoms with Crippen molar-refractivity contribution >= 4 is 17.5 Å². The van der Waals surface area contributed by atoms with E-state index in [0.717, 1.165) is 18.7 Å². The van der Waals surface area contributed by atoms with Crippen LogP contribution >= 0.6 is 0 Å². The molecule has 2 N–H and O–H groups in total. The number of piperidine rings is 1. The van der Waals surface area contributed by atoms with Gasteiger partial charge in [0.1, 0.15) is 0 Å². The van der Waals surface area contributed by atoms with Gasteiger partial charge in [0.15, 0.2) is 0 Å². The number of nitrogens with one attached hydrogen (secondary N) is 2. The molecule has 0 aliphatic carbocycles. The van der Waals surface area contributed by atoms with Crippen LogP contribution in [0, 0.1) is 6.92 Å². The molecular formula is C23H28N4O3. The molecule has 0 radical (unpaired) electrons. The average molecular weight is 409 g/mol. The summed E-state index contributed by atoms with van der Waals surface area (Å²) in [6, 6.07) is 8.99. The zero-order valence-corrected chi connectivity index (χ0v) is 17.3. The van der Waals surface area contributed by atoms with Crippen LogP contribution in [0.5, 0.6) is 0 Å². The largest absolute Gasteiger partial charge is 0.378 e. The fourth-order valence-electron chi connectivity index (χ4n) is 4.13. The van der Waals surface area contributed by atoms with Gasteiger partial charge < -0.3 is 15.4 Å². The summed E-state index contributed by atoms with van der Waals surface area (Å²) in [5, 5.41) is 6.03. The highest BCUT2D eigenvalue weighted by atomic mass is 16.5. The first-order valence-corrected chi connectivity index (χ1v) is 10.6. The third kappa shape index (κ3) is 4.68. The number of carbonyl (C=O) groups excluding carboxylic acids is 2. The van der Waals surface area contributed by atoms with Crippen molar-refractivity contribution in [2.45, 2.75) is 38.3 Å². The van der Waals surface area contributed by atoms with Gasteiger partial charge in [-0.25, -0.2) is 0 Å². The van der Waals surface area contributed by atoms with Crippen LogP contribution in [0.2, 0.25) is 0 Å². The van der Waals surface area contributed by atoms with Crippen molar-refractivity contribution in [2.24, 2.45) is 0 Å². The number of rotatable bonds is 5. The second kappa shape index (κ2) is 9.36. The molecule has 7 nitrogen and oxygen atoms in total. The SMILES string of the molecule is Cc1ccc(C(=O)N[C@H]2COC[C@@H]2N2CCCCC2)cc1NC(=O)c1cccnc1. The van der Waals surface area contributed by atoms with E-state index in [9.17, 15) is 9.59 Å². The van der Waals surface area contributed by atoms with Crippen LogP contribution in [0.25, 0.3) is 0 Å². The number of aryl methyl sites for hydroxylation is 1. The maximum atomic E-state index is 12.9. The Kier molecular flexibility index (Phi) is 6.40. The van der Waals surface area contributed by atoms with Gasteiger partial charge in [-0.05, 0) is 62.7 Å². The van der Waals surface area contributed by atoms with Gasteiger partial charge in [-0.1, -0.05) is 12.5 Å². The normalized spacial score (nSPS) is 21.9. The molecule has 2 aromatic rings. The molecule has 4 rings (SSSR count). The Hall–Kier alpha value is -2.77. The molecule has 7 heteroatoms. The molecule has 2 atom stereocenters. The van der Waals surface area contributed by atoms with Crippen LogP contribution in [0.3, 0.4) is 0 Å². The summed E-state index contributed by atoms with van der Waals surface area (Å²) in [6.07, 6.45) is 6.82. The standard InChI is InChI=1S/C23H28N4O3/c1-16-7-8-17(12-19(16)25-23(29)18-6-5-9-24-13-18)22(28)26-20-14-30-15-21(20)27-10-3-2-4-11-27/h5-9,12-13,20-21H,2-4,10-11,14-15H2,1H3,(H,25,29)(H,26,28)/t20-,21-/m0/s1. The summed E-state index contributed by atoms with van der Waals surface area (Å²) < 4.78 is 5.68. The fraction of sp³-hybridized carbons (Fsp3) is 0.435. The number of pyridine rings is 1. The number of aromatic nitrogens is 1. The van der Waals surface area contributed by atoms with Crippen molar-refractivity contribution in [1.29, 1.82) is 0 Å². The number of likely N-dealkylation sites (tertiary alicyclic amines) is 1. The van der Waals surface area contributed by atoms with Gasteiger partial charge >= 0.3 is 0 Å². The number of ether oxygens (including phenoxy) is 1. The van der Waals surface area contributed by atoms with E-state index in [1.165, 1.54) is 25.5 Å². The Labute approximate surface area is 176 Å². The minimum atomic E-state index is -0.252. The Morgan fingerprint density at radius 2 is 1.90 bits per heavy atom. The summed E-state index contributed by atoms with van der Waals surface area (Å²) >= 11 is 0. The number of nitrogens with zero attached hydrogens (tertiary/aromatic N) is 2. The third-order valence-electron chi connectivity index (χ3n) is 5.90. The summed E-state index contributed by atoms with van der Waals surface area (Å²) in [6.45, 7) is 5.22. The van der Waals surface area contributed by atoms with Gasteiger partial charge in [-0.2, -0.15) is 0 Å². The number of anilines is 1. The van der Waals surface area contributed by atoms with E-state index in [1.54, 1.807) is 30.5 Å². The number of benzene rings is 1. The molecule has 2 fully saturated rings. The molecule has 2 amide bonds. The average Bonchev–Trinajstić information content (AvgIpc) is 3.24. The lowest BCUT2D eigenvalue weighted by Gasteiger charge is -2.34. The van der Waals surface area contributed by atoms with E-state index < -0.39 is 0 Å². The Bertz CT molecular complexity index is 897. The molecule has 3 heterocycles. The molecule has 1 aromatic carbocycles. The van der Waals surface area contributed by atoms with Crippen LogP contribution in [-0.2, 0) is 4.74 Å². The van der Waals surface area contributed by atoms with E-state index in [0.29, 0.717) is 30.0 Å². The van der Waals surface area contributed by atoms with Gasteiger partial charge in [-0.15, -0.1) is 0 Å². The van der Waals surface area contributed by atoms with Crippen molar-refractivity contribution in [1.82, 2.24) is 15.2 Å². The number of hydrogen-bond acceptors (Lipinski definition) is 5. The summed E-state index contributed by atoms with van der Waals surface area (Å²) in [5.41, 5.74) is 2.50. The van der Waals surface area contributed by atoms with Crippen molar-refractivity contribution in [3.63, 3.8) is 0 Å². The molecular weight excluding hydrogens is 380 g/mol. The molecule has 0 unspecified atom stereocenters. The lowest BCUT2D eigenvalue weighted by atomic mass is 10.0. The Morgan fingerprint density at radius 3 is 2.67 bits per heavy atom. The second-order valence-corrected chi connectivity index (χ2v) is 8.01. The van der Waals surface area contributed by atoms with Gasteiger partial charge in [0, 0.05) is 23.6 Å². The van der Waals surface area contributed by atoms with E-state index in [4.69, 9.17) is 4.74 Å². The van der Waals surface area contributed by atoms with Crippen LogP contribution in [0.4, 0.5) is 5.69 Å². The molecule has 1 aromatic heterocycles. The predicted octanol–water partition coefficient (Wildman–Crippen LogP) is 2.63. The summed E-state index contributed by atoms with van der Waals surface area (Å²) in [4.78, 5) is 31.8. The van der Waals surface area contributed by atoms with E-state index in [2.05, 4.69) is 20.5 Å². The lowest BCUT2D eigenvalue weighted by molar-refractivity contribution is 0.0899. The Morgan fingerprint density at radius 1 is 1.07 bits per heavy atom. The predicted molar refractivity (Wildman–Crippen MR) is 115 cm³/mol. The molecule has 30 heavy (non-hydrogen) atoms. The van der Waals surface area contributed by atoms with Crippen LogP contribution in [0.15, 0.2) is 42.7 Å². The molecule has 0 bridgehead atoms. The number of carbonyl (C=O) groups is 2. The highest BCUT2D eigenvalue weighted by Crippen LogP contribution is 2.21. The van der Waals surface area contributed by atoms with Gasteiger partial charge in [-0.3, -0.25) is 19.5 Å². The van der Waals surface area contributed by atoms with Crippen LogP contribution in [-0.4, -0.2) is 60.1 Å². The minimum Gasteiger partial charge on any atom is -0.378 e. The van der Waals surface area contributed by atoms with Gasteiger partial charge in [0.05, 0.1) is 30.9 Å². The van der Waals surface area contributed by atoms with E-state index in [1.807, 2.05) is 13.0 Å². The summed E-state index contributed by atoms with van der Waals surface area (Å²) in [7, 11) is 0. The molecule has 2 saturated heterocycles.